The van der Waals surface area contributed by atoms with Crippen LogP contribution in [0.3, 0.4) is 0 Å². The molecule has 0 aliphatic heterocycles. The lowest BCUT2D eigenvalue weighted by atomic mass is 9.43. The van der Waals surface area contributed by atoms with Crippen molar-refractivity contribution in [1.82, 2.24) is 15.0 Å². The summed E-state index contributed by atoms with van der Waals surface area (Å²) in [5.74, 6) is 5.42. The molecule has 52 heavy (non-hydrogen) atoms. The Morgan fingerprint density at radius 1 is 0.346 bits per heavy atom. The minimum atomic E-state index is 0.147. The third-order valence-corrected chi connectivity index (χ3v) is 12.9. The molecule has 12 rings (SSSR count). The van der Waals surface area contributed by atoms with E-state index < -0.39 is 0 Å². The van der Waals surface area contributed by atoms with Crippen molar-refractivity contribution >= 4 is 0 Å². The Hall–Kier alpha value is -5.67. The van der Waals surface area contributed by atoms with Gasteiger partial charge in [0.1, 0.15) is 0 Å². The third-order valence-electron chi connectivity index (χ3n) is 12.9. The van der Waals surface area contributed by atoms with E-state index in [1.807, 2.05) is 0 Å². The van der Waals surface area contributed by atoms with E-state index in [4.69, 9.17) is 15.0 Å². The third kappa shape index (κ3) is 4.61. The summed E-state index contributed by atoms with van der Waals surface area (Å²) < 4.78 is 0. The van der Waals surface area contributed by atoms with Crippen molar-refractivity contribution in [3.05, 3.63) is 163 Å². The van der Waals surface area contributed by atoms with E-state index >= 15 is 0 Å². The van der Waals surface area contributed by atoms with Gasteiger partial charge in [-0.2, -0.15) is 0 Å². The molecule has 5 aliphatic rings. The predicted molar refractivity (Wildman–Crippen MR) is 210 cm³/mol. The monoisotopic (exact) mass is 669 g/mol. The molecule has 250 valence electrons. The molecular weight excluding hydrogens is 631 g/mol. The summed E-state index contributed by atoms with van der Waals surface area (Å²) in [5, 5.41) is 0. The minimum Gasteiger partial charge on any atom is -0.208 e. The molecule has 0 unspecified atom stereocenters. The second-order valence-electron chi connectivity index (χ2n) is 15.7. The molecule has 5 aliphatic carbocycles. The Labute approximate surface area is 305 Å². The van der Waals surface area contributed by atoms with Crippen molar-refractivity contribution in [3.8, 4) is 67.5 Å². The van der Waals surface area contributed by atoms with Crippen LogP contribution in [0.1, 0.15) is 43.2 Å². The first-order valence-electron chi connectivity index (χ1n) is 19.0. The topological polar surface area (TPSA) is 38.7 Å². The second kappa shape index (κ2) is 11.7. The van der Waals surface area contributed by atoms with Crippen LogP contribution in [0.4, 0.5) is 0 Å². The van der Waals surface area contributed by atoms with Crippen LogP contribution in [0.15, 0.2) is 152 Å². The highest BCUT2D eigenvalue weighted by molar-refractivity contribution is 5.85. The van der Waals surface area contributed by atoms with Gasteiger partial charge in [0.25, 0.3) is 0 Å². The van der Waals surface area contributed by atoms with E-state index in [2.05, 4.69) is 152 Å². The summed E-state index contributed by atoms with van der Waals surface area (Å²) in [6, 6.07) is 54.7. The highest BCUT2D eigenvalue weighted by Crippen LogP contribution is 2.69. The molecule has 3 heteroatoms. The Morgan fingerprint density at radius 2 is 0.750 bits per heavy atom. The lowest BCUT2D eigenvalue weighted by Crippen LogP contribution is -2.55. The summed E-state index contributed by atoms with van der Waals surface area (Å²) in [6.45, 7) is 0. The van der Waals surface area contributed by atoms with Gasteiger partial charge in [-0.25, -0.2) is 15.0 Å². The number of hydrogen-bond donors (Lipinski definition) is 0. The summed E-state index contributed by atoms with van der Waals surface area (Å²) >= 11 is 0. The van der Waals surface area contributed by atoms with Gasteiger partial charge >= 0.3 is 0 Å². The Kier molecular flexibility index (Phi) is 6.74. The van der Waals surface area contributed by atoms with E-state index in [9.17, 15) is 0 Å². The fraction of sp³-hybridized carbons (Fsp3) is 0.204. The lowest BCUT2D eigenvalue weighted by molar-refractivity contribution is -0.0399. The van der Waals surface area contributed by atoms with Crippen molar-refractivity contribution in [3.63, 3.8) is 0 Å². The van der Waals surface area contributed by atoms with Crippen LogP contribution in [-0.4, -0.2) is 15.0 Å². The molecule has 1 aromatic heterocycles. The van der Waals surface area contributed by atoms with Crippen LogP contribution in [0.2, 0.25) is 0 Å². The largest absolute Gasteiger partial charge is 0.208 e. The van der Waals surface area contributed by atoms with Crippen LogP contribution < -0.4 is 0 Å². The van der Waals surface area contributed by atoms with Crippen LogP contribution in [-0.2, 0) is 5.41 Å². The normalized spacial score (nSPS) is 23.5. The standard InChI is InChI=1S/C49H39N3/c1-3-9-33(10-4-1)35-15-19-37(20-16-35)46-50-47(38-21-17-36(18-22-38)34-11-5-2-6-12-34)52-48(51-46)39-23-24-45-43(30-39)42-13-7-8-14-44(42)49(45)40-26-31-25-32(28-40)29-41(49)27-31/h1-24,30-32,40-41H,25-29H2. The number of rotatable bonds is 5. The van der Waals surface area contributed by atoms with E-state index in [1.165, 1.54) is 65.5 Å². The Balaban J connectivity index is 1.04. The number of benzene rings is 6. The zero-order chi connectivity index (χ0) is 34.2. The van der Waals surface area contributed by atoms with Crippen molar-refractivity contribution in [2.45, 2.75) is 37.5 Å². The Morgan fingerprint density at radius 3 is 1.29 bits per heavy atom. The summed E-state index contributed by atoms with van der Waals surface area (Å²) in [7, 11) is 0. The first-order valence-corrected chi connectivity index (χ1v) is 19.0. The van der Waals surface area contributed by atoms with Crippen molar-refractivity contribution in [1.29, 1.82) is 0 Å². The van der Waals surface area contributed by atoms with Crippen LogP contribution >= 0.6 is 0 Å². The fourth-order valence-electron chi connectivity index (χ4n) is 10.9. The lowest BCUT2D eigenvalue weighted by Gasteiger charge is -2.61. The summed E-state index contributed by atoms with van der Waals surface area (Å²) in [6.07, 6.45) is 7.00. The van der Waals surface area contributed by atoms with Crippen molar-refractivity contribution in [2.75, 3.05) is 0 Å². The molecule has 0 amide bonds. The summed E-state index contributed by atoms with van der Waals surface area (Å²) in [4.78, 5) is 15.5. The number of nitrogens with zero attached hydrogens (tertiary/aromatic N) is 3. The smallest absolute Gasteiger partial charge is 0.164 e. The molecule has 4 bridgehead atoms. The minimum absolute atomic E-state index is 0.147. The van der Waals surface area contributed by atoms with Gasteiger partial charge in [0.2, 0.25) is 0 Å². The highest BCUT2D eigenvalue weighted by atomic mass is 15.0. The molecule has 4 saturated carbocycles. The zero-order valence-corrected chi connectivity index (χ0v) is 29.1. The maximum Gasteiger partial charge on any atom is 0.164 e. The molecule has 0 N–H and O–H groups in total. The maximum atomic E-state index is 5.20. The van der Waals surface area contributed by atoms with E-state index in [1.54, 1.807) is 11.1 Å². The molecular formula is C49H39N3. The average molecular weight is 670 g/mol. The summed E-state index contributed by atoms with van der Waals surface area (Å²) in [5.41, 5.74) is 13.8. The van der Waals surface area contributed by atoms with E-state index in [0.29, 0.717) is 17.5 Å². The molecule has 0 radical (unpaired) electrons. The van der Waals surface area contributed by atoms with E-state index in [0.717, 1.165) is 40.4 Å². The first kappa shape index (κ1) is 30.0. The van der Waals surface area contributed by atoms with Crippen molar-refractivity contribution in [2.24, 2.45) is 23.7 Å². The molecule has 4 fully saturated rings. The van der Waals surface area contributed by atoms with Gasteiger partial charge in [-0.15, -0.1) is 0 Å². The molecule has 6 aromatic carbocycles. The highest BCUT2D eigenvalue weighted by Gasteiger charge is 2.61. The molecule has 1 heterocycles. The van der Waals surface area contributed by atoms with Gasteiger partial charge in [0.15, 0.2) is 17.5 Å². The SMILES string of the molecule is c1ccc(-c2ccc(-c3nc(-c4ccc(-c5ccccc5)cc4)nc(-c4ccc5c(c4)-c4ccccc4C54C5CC6CC(C5)CC4C6)n3)cc2)cc1. The number of hydrogen-bond acceptors (Lipinski definition) is 3. The molecule has 7 aromatic rings. The van der Waals surface area contributed by atoms with Gasteiger partial charge in [-0.3, -0.25) is 0 Å². The van der Waals surface area contributed by atoms with Crippen molar-refractivity contribution < 1.29 is 0 Å². The fourth-order valence-corrected chi connectivity index (χ4v) is 10.9. The maximum absolute atomic E-state index is 5.20. The van der Waals surface area contributed by atoms with Gasteiger partial charge in [0, 0.05) is 22.1 Å². The number of fused-ring (bicyclic) bond motifs is 3. The molecule has 0 saturated heterocycles. The first-order chi connectivity index (χ1) is 25.7. The quantitative estimate of drug-likeness (QED) is 0.183. The van der Waals surface area contributed by atoms with Crippen LogP contribution in [0, 0.1) is 23.7 Å². The van der Waals surface area contributed by atoms with Gasteiger partial charge < -0.3 is 0 Å². The van der Waals surface area contributed by atoms with Crippen LogP contribution in [0.25, 0.3) is 67.5 Å². The van der Waals surface area contributed by atoms with Gasteiger partial charge in [-0.05, 0) is 106 Å². The average Bonchev–Trinajstić information content (AvgIpc) is 3.50. The van der Waals surface area contributed by atoms with E-state index in [-0.39, 0.29) is 5.41 Å². The van der Waals surface area contributed by atoms with Gasteiger partial charge in [0.05, 0.1) is 0 Å². The molecule has 3 nitrogen and oxygen atoms in total. The number of aromatic nitrogens is 3. The predicted octanol–water partition coefficient (Wildman–Crippen LogP) is 11.9. The van der Waals surface area contributed by atoms with Crippen LogP contribution in [0.5, 0.6) is 0 Å². The van der Waals surface area contributed by atoms with Gasteiger partial charge in [-0.1, -0.05) is 146 Å². The zero-order valence-electron chi connectivity index (χ0n) is 29.1. The molecule has 1 spiro atoms. The molecule has 0 atom stereocenters. The second-order valence-corrected chi connectivity index (χ2v) is 15.7. The Bertz CT molecular complexity index is 2320.